The molecule has 5 nitrogen and oxygen atoms in total. The molecule has 2 aromatic carbocycles. The minimum absolute atomic E-state index is 0.196. The normalized spacial score (nSPS) is 15.8. The second-order valence-electron chi connectivity index (χ2n) is 6.85. The van der Waals surface area contributed by atoms with Gasteiger partial charge in [-0.1, -0.05) is 24.3 Å². The summed E-state index contributed by atoms with van der Waals surface area (Å²) in [5.41, 5.74) is 3.89. The van der Waals surface area contributed by atoms with Crippen LogP contribution in [0.3, 0.4) is 0 Å². The summed E-state index contributed by atoms with van der Waals surface area (Å²) in [5.74, 6) is -0.236. The molecule has 142 valence electrons. The van der Waals surface area contributed by atoms with Gasteiger partial charge in [-0.15, -0.1) is 0 Å². The van der Waals surface area contributed by atoms with E-state index in [0.717, 1.165) is 25.9 Å². The number of fused-ring (bicyclic) bond motifs is 1. The third-order valence-corrected chi connectivity index (χ3v) is 5.66. The monoisotopic (exact) mass is 486 g/mol. The first-order valence-corrected chi connectivity index (χ1v) is 10.1. The van der Waals surface area contributed by atoms with E-state index in [2.05, 4.69) is 27.9 Å². The van der Waals surface area contributed by atoms with Crippen LogP contribution in [0, 0.1) is 10.5 Å². The molecular formula is C22H19IN2O3. The number of carbonyl (C=O) groups is 2. The molecule has 2 amide bonds. The zero-order chi connectivity index (χ0) is 19.7. The zero-order valence-corrected chi connectivity index (χ0v) is 17.5. The van der Waals surface area contributed by atoms with Crippen LogP contribution in [0.1, 0.15) is 27.2 Å². The number of rotatable bonds is 3. The maximum atomic E-state index is 13.2. The standard InChI is InChI=1S/C22H19IN2O3/c1-14-11-17(23)8-9-18(14)24-21(26)19-12-15-5-2-3-6-16(15)13-25(19)22(27)20-7-4-10-28-20/h2-11,19H,12-13H2,1H3,(H,24,26). The van der Waals surface area contributed by atoms with Crippen molar-refractivity contribution < 1.29 is 14.0 Å². The lowest BCUT2D eigenvalue weighted by Gasteiger charge is -2.35. The molecule has 6 heteroatoms. The molecular weight excluding hydrogens is 467 g/mol. The summed E-state index contributed by atoms with van der Waals surface area (Å²) in [5, 5.41) is 3.00. The van der Waals surface area contributed by atoms with E-state index in [9.17, 15) is 9.59 Å². The molecule has 4 rings (SSSR count). The van der Waals surface area contributed by atoms with Gasteiger partial charge in [-0.2, -0.15) is 0 Å². The predicted molar refractivity (Wildman–Crippen MR) is 115 cm³/mol. The summed E-state index contributed by atoms with van der Waals surface area (Å²) in [6.07, 6.45) is 1.94. The summed E-state index contributed by atoms with van der Waals surface area (Å²) >= 11 is 2.24. The summed E-state index contributed by atoms with van der Waals surface area (Å²) < 4.78 is 6.40. The number of halogens is 1. The number of nitrogens with one attached hydrogen (secondary N) is 1. The third kappa shape index (κ3) is 3.69. The van der Waals surface area contributed by atoms with Crippen molar-refractivity contribution in [2.75, 3.05) is 5.32 Å². The first-order chi connectivity index (χ1) is 13.5. The number of carbonyl (C=O) groups excluding carboxylic acids is 2. The van der Waals surface area contributed by atoms with E-state index in [0.29, 0.717) is 13.0 Å². The van der Waals surface area contributed by atoms with Crippen LogP contribution in [0.25, 0.3) is 0 Å². The lowest BCUT2D eigenvalue weighted by Crippen LogP contribution is -2.50. The van der Waals surface area contributed by atoms with Gasteiger partial charge in [0.2, 0.25) is 5.91 Å². The Hall–Kier alpha value is -2.61. The molecule has 3 aromatic rings. The Morgan fingerprint density at radius 3 is 2.61 bits per heavy atom. The Bertz CT molecular complexity index is 1030. The molecule has 1 unspecified atom stereocenters. The minimum Gasteiger partial charge on any atom is -0.459 e. The van der Waals surface area contributed by atoms with E-state index in [1.807, 2.05) is 49.4 Å². The Morgan fingerprint density at radius 1 is 1.11 bits per heavy atom. The van der Waals surface area contributed by atoms with Gasteiger partial charge in [-0.05, 0) is 76.5 Å². The van der Waals surface area contributed by atoms with Crippen LogP contribution in [-0.2, 0) is 17.8 Å². The van der Waals surface area contributed by atoms with E-state index in [1.165, 1.54) is 6.26 Å². The van der Waals surface area contributed by atoms with Gasteiger partial charge in [-0.25, -0.2) is 0 Å². The highest BCUT2D eigenvalue weighted by atomic mass is 127. The van der Waals surface area contributed by atoms with Crippen molar-refractivity contribution in [2.45, 2.75) is 25.9 Å². The lowest BCUT2D eigenvalue weighted by molar-refractivity contribution is -0.121. The Kier molecular flexibility index (Phi) is 5.21. The first-order valence-electron chi connectivity index (χ1n) is 9.01. The maximum absolute atomic E-state index is 13.2. The minimum atomic E-state index is -0.605. The Balaban J connectivity index is 1.65. The van der Waals surface area contributed by atoms with Crippen molar-refractivity contribution in [1.29, 1.82) is 0 Å². The van der Waals surface area contributed by atoms with Crippen molar-refractivity contribution in [3.05, 3.63) is 86.9 Å². The molecule has 0 saturated heterocycles. The molecule has 1 aliphatic rings. The SMILES string of the molecule is Cc1cc(I)ccc1NC(=O)C1Cc2ccccc2CN1C(=O)c1ccco1. The molecule has 1 aliphatic heterocycles. The topological polar surface area (TPSA) is 62.6 Å². The third-order valence-electron chi connectivity index (χ3n) is 4.99. The van der Waals surface area contributed by atoms with Crippen molar-refractivity contribution in [3.8, 4) is 0 Å². The summed E-state index contributed by atoms with van der Waals surface area (Å²) in [6.45, 7) is 2.33. The molecule has 1 atom stereocenters. The molecule has 0 saturated carbocycles. The second-order valence-corrected chi connectivity index (χ2v) is 8.09. The van der Waals surface area contributed by atoms with Crippen molar-refractivity contribution in [3.63, 3.8) is 0 Å². The molecule has 0 aliphatic carbocycles. The van der Waals surface area contributed by atoms with Gasteiger partial charge >= 0.3 is 0 Å². The lowest BCUT2D eigenvalue weighted by atomic mass is 9.93. The van der Waals surface area contributed by atoms with Gasteiger partial charge in [0.05, 0.1) is 6.26 Å². The van der Waals surface area contributed by atoms with Gasteiger partial charge in [-0.3, -0.25) is 9.59 Å². The highest BCUT2D eigenvalue weighted by Crippen LogP contribution is 2.27. The van der Waals surface area contributed by atoms with Crippen LogP contribution >= 0.6 is 22.6 Å². The second kappa shape index (κ2) is 7.79. The Morgan fingerprint density at radius 2 is 1.89 bits per heavy atom. The van der Waals surface area contributed by atoms with E-state index < -0.39 is 6.04 Å². The first kappa shape index (κ1) is 18.7. The van der Waals surface area contributed by atoms with Crippen LogP contribution < -0.4 is 5.32 Å². The fraction of sp³-hybridized carbons (Fsp3) is 0.182. The Labute approximate surface area is 176 Å². The highest BCUT2D eigenvalue weighted by Gasteiger charge is 2.36. The number of furan rings is 1. The largest absolute Gasteiger partial charge is 0.459 e. The van der Waals surface area contributed by atoms with Crippen LogP contribution in [0.4, 0.5) is 5.69 Å². The van der Waals surface area contributed by atoms with E-state index in [4.69, 9.17) is 4.42 Å². The molecule has 1 N–H and O–H groups in total. The van der Waals surface area contributed by atoms with Gasteiger partial charge in [0.1, 0.15) is 6.04 Å². The fourth-order valence-corrected chi connectivity index (χ4v) is 4.14. The molecule has 2 heterocycles. The quantitative estimate of drug-likeness (QED) is 0.559. The van der Waals surface area contributed by atoms with Crippen molar-refractivity contribution >= 4 is 40.1 Å². The number of aryl methyl sites for hydroxylation is 1. The molecule has 1 aromatic heterocycles. The van der Waals surface area contributed by atoms with Crippen molar-refractivity contribution in [1.82, 2.24) is 4.90 Å². The summed E-state index contributed by atoms with van der Waals surface area (Å²) in [7, 11) is 0. The van der Waals surface area contributed by atoms with Gasteiger partial charge in [0.25, 0.3) is 5.91 Å². The van der Waals surface area contributed by atoms with Crippen LogP contribution in [0.5, 0.6) is 0 Å². The van der Waals surface area contributed by atoms with Crippen molar-refractivity contribution in [2.24, 2.45) is 0 Å². The van der Waals surface area contributed by atoms with Crippen LogP contribution in [-0.4, -0.2) is 22.8 Å². The van der Waals surface area contributed by atoms with Gasteiger partial charge < -0.3 is 14.6 Å². The maximum Gasteiger partial charge on any atom is 0.290 e. The van der Waals surface area contributed by atoms with Crippen LogP contribution in [0.2, 0.25) is 0 Å². The van der Waals surface area contributed by atoms with Gasteiger partial charge in [0.15, 0.2) is 5.76 Å². The molecule has 0 radical (unpaired) electrons. The average Bonchev–Trinajstić information content (AvgIpc) is 3.23. The van der Waals surface area contributed by atoms with Gasteiger partial charge in [0, 0.05) is 22.2 Å². The number of hydrogen-bond donors (Lipinski definition) is 1. The molecule has 0 fully saturated rings. The zero-order valence-electron chi connectivity index (χ0n) is 15.3. The number of hydrogen-bond acceptors (Lipinski definition) is 3. The average molecular weight is 486 g/mol. The number of anilines is 1. The molecule has 28 heavy (non-hydrogen) atoms. The molecule has 0 bridgehead atoms. The molecule has 0 spiro atoms. The van der Waals surface area contributed by atoms with Crippen LogP contribution in [0.15, 0.2) is 65.3 Å². The number of amides is 2. The fourth-order valence-electron chi connectivity index (χ4n) is 3.50. The smallest absolute Gasteiger partial charge is 0.290 e. The number of benzene rings is 2. The van der Waals surface area contributed by atoms with E-state index in [1.54, 1.807) is 17.0 Å². The summed E-state index contributed by atoms with van der Waals surface area (Å²) in [4.78, 5) is 27.8. The number of nitrogens with zero attached hydrogens (tertiary/aromatic N) is 1. The highest BCUT2D eigenvalue weighted by molar-refractivity contribution is 14.1. The summed E-state index contributed by atoms with van der Waals surface area (Å²) in [6, 6.07) is 16.5. The van der Waals surface area contributed by atoms with E-state index >= 15 is 0 Å². The predicted octanol–water partition coefficient (Wildman–Crippen LogP) is 4.40. The van der Waals surface area contributed by atoms with E-state index in [-0.39, 0.29) is 17.6 Å².